The van der Waals surface area contributed by atoms with Crippen LogP contribution in [0.2, 0.25) is 0 Å². The molecule has 2 saturated carbocycles. The minimum atomic E-state index is 0.186. The quantitative estimate of drug-likeness (QED) is 0.809. The molecule has 0 radical (unpaired) electrons. The molecule has 3 heteroatoms. The highest BCUT2D eigenvalue weighted by molar-refractivity contribution is 5.95. The van der Waals surface area contributed by atoms with Gasteiger partial charge in [-0.3, -0.25) is 4.79 Å². The first-order valence-corrected chi connectivity index (χ1v) is 7.39. The van der Waals surface area contributed by atoms with E-state index in [0.717, 1.165) is 11.3 Å². The molecule has 0 aliphatic heterocycles. The van der Waals surface area contributed by atoms with E-state index < -0.39 is 0 Å². The number of nitrogens with two attached hydrogens (primary N) is 1. The Balaban J connectivity index is 1.64. The third kappa shape index (κ3) is 2.71. The van der Waals surface area contributed by atoms with Gasteiger partial charge in [-0.15, -0.1) is 0 Å². The normalized spacial score (nSPS) is 26.9. The van der Waals surface area contributed by atoms with Crippen LogP contribution in [0.3, 0.4) is 0 Å². The minimum Gasteiger partial charge on any atom is -0.326 e. The third-order valence-corrected chi connectivity index (χ3v) is 4.42. The maximum absolute atomic E-state index is 12.3. The molecule has 104 valence electrons. The highest BCUT2D eigenvalue weighted by atomic mass is 16.2. The molecule has 3 N–H and O–H groups in total. The molecule has 0 spiro atoms. The lowest BCUT2D eigenvalue weighted by Crippen LogP contribution is -2.15. The van der Waals surface area contributed by atoms with Gasteiger partial charge in [0.05, 0.1) is 6.54 Å². The molecule has 3 nitrogen and oxygen atoms in total. The molecule has 20 heavy (non-hydrogen) atoms. The van der Waals surface area contributed by atoms with Crippen LogP contribution in [0.25, 0.3) is 0 Å². The van der Waals surface area contributed by atoms with Crippen molar-refractivity contribution in [1.29, 1.82) is 0 Å². The topological polar surface area (TPSA) is 55.1 Å². The van der Waals surface area contributed by atoms with Crippen LogP contribution in [0.1, 0.15) is 31.2 Å². The summed E-state index contributed by atoms with van der Waals surface area (Å²) in [6.45, 7) is 0.349. The second-order valence-corrected chi connectivity index (χ2v) is 5.71. The Labute approximate surface area is 119 Å². The zero-order chi connectivity index (χ0) is 13.9. The average Bonchev–Trinajstić information content (AvgIpc) is 3.20. The number of rotatable bonds is 2. The second kappa shape index (κ2) is 5.68. The van der Waals surface area contributed by atoms with Crippen LogP contribution in [0.4, 0.5) is 5.69 Å². The fourth-order valence-electron chi connectivity index (χ4n) is 3.43. The molecule has 1 aromatic carbocycles. The summed E-state index contributed by atoms with van der Waals surface area (Å²) in [4.78, 5) is 12.3. The zero-order valence-electron chi connectivity index (χ0n) is 11.6. The largest absolute Gasteiger partial charge is 0.326 e. The lowest BCUT2D eigenvalue weighted by atomic mass is 10.0. The fraction of sp³-hybridized carbons (Fsp3) is 0.471. The molecule has 3 rings (SSSR count). The summed E-state index contributed by atoms with van der Waals surface area (Å²) in [5.74, 6) is 7.53. The van der Waals surface area contributed by atoms with Gasteiger partial charge in [0.25, 0.3) is 0 Å². The summed E-state index contributed by atoms with van der Waals surface area (Å²) in [7, 11) is 0. The lowest BCUT2D eigenvalue weighted by molar-refractivity contribution is -0.117. The molecule has 0 saturated heterocycles. The fourth-order valence-corrected chi connectivity index (χ4v) is 3.43. The Bertz CT molecular complexity index is 558. The van der Waals surface area contributed by atoms with Crippen LogP contribution in [-0.2, 0) is 4.79 Å². The van der Waals surface area contributed by atoms with E-state index in [1.54, 1.807) is 0 Å². The summed E-state index contributed by atoms with van der Waals surface area (Å²) in [5, 5.41) is 3.04. The van der Waals surface area contributed by atoms with Crippen molar-refractivity contribution in [3.63, 3.8) is 0 Å². The molecule has 1 aromatic rings. The first-order chi connectivity index (χ1) is 9.79. The Morgan fingerprint density at radius 1 is 1.30 bits per heavy atom. The van der Waals surface area contributed by atoms with Gasteiger partial charge >= 0.3 is 0 Å². The maximum atomic E-state index is 12.3. The standard InChI is InChI=1S/C17H20N2O/c18-10-4-6-12-5-3-7-13(11-12)19-17(20)16-14-8-1-2-9-15(14)16/h3,5,7,11,14-16H,1-2,8-10,18H2,(H,19,20). The molecule has 0 aromatic heterocycles. The highest BCUT2D eigenvalue weighted by Crippen LogP contribution is 2.55. The van der Waals surface area contributed by atoms with Crippen molar-refractivity contribution in [2.75, 3.05) is 11.9 Å². The first kappa shape index (κ1) is 13.2. The Morgan fingerprint density at radius 3 is 2.75 bits per heavy atom. The van der Waals surface area contributed by atoms with Crippen molar-refractivity contribution < 1.29 is 4.79 Å². The molecule has 0 heterocycles. The number of anilines is 1. The van der Waals surface area contributed by atoms with Gasteiger partial charge in [0.1, 0.15) is 0 Å². The second-order valence-electron chi connectivity index (χ2n) is 5.71. The smallest absolute Gasteiger partial charge is 0.228 e. The molecule has 2 aliphatic rings. The van der Waals surface area contributed by atoms with Gasteiger partial charge in [0.2, 0.25) is 5.91 Å². The summed E-state index contributed by atoms with van der Waals surface area (Å²) >= 11 is 0. The van der Waals surface area contributed by atoms with Gasteiger partial charge in [0.15, 0.2) is 0 Å². The van der Waals surface area contributed by atoms with Crippen molar-refractivity contribution in [3.8, 4) is 11.8 Å². The van der Waals surface area contributed by atoms with E-state index in [4.69, 9.17) is 5.73 Å². The first-order valence-electron chi connectivity index (χ1n) is 7.39. The van der Waals surface area contributed by atoms with Crippen LogP contribution < -0.4 is 11.1 Å². The average molecular weight is 268 g/mol. The van der Waals surface area contributed by atoms with Gasteiger partial charge in [-0.1, -0.05) is 30.7 Å². The van der Waals surface area contributed by atoms with Gasteiger partial charge in [0, 0.05) is 17.2 Å². The molecule has 1 amide bonds. The number of benzene rings is 1. The number of amides is 1. The van der Waals surface area contributed by atoms with Gasteiger partial charge < -0.3 is 11.1 Å². The zero-order valence-corrected chi connectivity index (χ0v) is 11.6. The number of carbonyl (C=O) groups excluding carboxylic acids is 1. The van der Waals surface area contributed by atoms with E-state index in [9.17, 15) is 4.79 Å². The summed E-state index contributed by atoms with van der Waals surface area (Å²) in [5.41, 5.74) is 7.09. The number of nitrogens with one attached hydrogen (secondary N) is 1. The molecule has 2 fully saturated rings. The molecular formula is C17H20N2O. The molecule has 2 unspecified atom stereocenters. The predicted octanol–water partition coefficient (Wildman–Crippen LogP) is 2.37. The van der Waals surface area contributed by atoms with E-state index in [1.807, 2.05) is 24.3 Å². The van der Waals surface area contributed by atoms with Gasteiger partial charge in [-0.2, -0.15) is 0 Å². The molecule has 0 bridgehead atoms. The minimum absolute atomic E-state index is 0.186. The van der Waals surface area contributed by atoms with Gasteiger partial charge in [-0.25, -0.2) is 0 Å². The van der Waals surface area contributed by atoms with Crippen LogP contribution in [-0.4, -0.2) is 12.5 Å². The van der Waals surface area contributed by atoms with E-state index in [-0.39, 0.29) is 11.8 Å². The Morgan fingerprint density at radius 2 is 2.05 bits per heavy atom. The number of fused-ring (bicyclic) bond motifs is 1. The highest BCUT2D eigenvalue weighted by Gasteiger charge is 2.54. The Hall–Kier alpha value is -1.79. The molecular weight excluding hydrogens is 248 g/mol. The van der Waals surface area contributed by atoms with E-state index >= 15 is 0 Å². The van der Waals surface area contributed by atoms with Crippen molar-refractivity contribution >= 4 is 11.6 Å². The van der Waals surface area contributed by atoms with Crippen LogP contribution in [0.15, 0.2) is 24.3 Å². The predicted molar refractivity (Wildman–Crippen MR) is 79.9 cm³/mol. The molecule has 2 aliphatic carbocycles. The van der Waals surface area contributed by atoms with E-state index in [2.05, 4.69) is 17.2 Å². The summed E-state index contributed by atoms with van der Waals surface area (Å²) in [6, 6.07) is 7.66. The van der Waals surface area contributed by atoms with Crippen LogP contribution >= 0.6 is 0 Å². The number of carbonyl (C=O) groups is 1. The summed E-state index contributed by atoms with van der Waals surface area (Å²) in [6.07, 6.45) is 5.03. The van der Waals surface area contributed by atoms with Crippen molar-refractivity contribution in [2.45, 2.75) is 25.7 Å². The van der Waals surface area contributed by atoms with Crippen molar-refractivity contribution in [1.82, 2.24) is 0 Å². The summed E-state index contributed by atoms with van der Waals surface area (Å²) < 4.78 is 0. The third-order valence-electron chi connectivity index (χ3n) is 4.42. The maximum Gasteiger partial charge on any atom is 0.228 e. The number of hydrogen-bond donors (Lipinski definition) is 2. The Kier molecular flexibility index (Phi) is 3.75. The lowest BCUT2D eigenvalue weighted by Gasteiger charge is -2.05. The monoisotopic (exact) mass is 268 g/mol. The van der Waals surface area contributed by atoms with Gasteiger partial charge in [-0.05, 0) is 42.9 Å². The molecule has 2 atom stereocenters. The van der Waals surface area contributed by atoms with Crippen molar-refractivity contribution in [3.05, 3.63) is 29.8 Å². The van der Waals surface area contributed by atoms with Crippen molar-refractivity contribution in [2.24, 2.45) is 23.5 Å². The van der Waals surface area contributed by atoms with Crippen LogP contribution in [0, 0.1) is 29.6 Å². The number of hydrogen-bond acceptors (Lipinski definition) is 2. The van der Waals surface area contributed by atoms with E-state index in [1.165, 1.54) is 25.7 Å². The van der Waals surface area contributed by atoms with E-state index in [0.29, 0.717) is 18.4 Å². The van der Waals surface area contributed by atoms with Crippen LogP contribution in [0.5, 0.6) is 0 Å². The SMILES string of the molecule is NCC#Cc1cccc(NC(=O)C2C3CCCCC32)c1.